The molecule has 0 radical (unpaired) electrons. The van der Waals surface area contributed by atoms with Crippen LogP contribution in [0.1, 0.15) is 83.4 Å². The van der Waals surface area contributed by atoms with E-state index in [0.29, 0.717) is 0 Å². The van der Waals surface area contributed by atoms with Crippen LogP contribution in [0.3, 0.4) is 0 Å². The van der Waals surface area contributed by atoms with E-state index in [4.69, 9.17) is 0 Å². The Hall–Kier alpha value is -0.780. The highest BCUT2D eigenvalue weighted by atomic mass is 14.3. The Balaban J connectivity index is 0.00000156. The SMILES string of the molecule is Cc1cc(CC2CCC(C3CCC(C)CC3)CC2)cc(C)c1C.[HH].[HH]. The van der Waals surface area contributed by atoms with Crippen molar-refractivity contribution in [3.63, 3.8) is 0 Å². The van der Waals surface area contributed by atoms with Crippen LogP contribution in [0.25, 0.3) is 0 Å². The molecule has 0 N–H and O–H groups in total. The third-order valence-electron chi connectivity index (χ3n) is 7.13. The van der Waals surface area contributed by atoms with E-state index in [-0.39, 0.29) is 2.85 Å². The first kappa shape index (κ1) is 17.1. The van der Waals surface area contributed by atoms with Crippen molar-refractivity contribution in [1.29, 1.82) is 0 Å². The zero-order valence-corrected chi connectivity index (χ0v) is 15.8. The summed E-state index contributed by atoms with van der Waals surface area (Å²) in [6, 6.07) is 4.88. The highest BCUT2D eigenvalue weighted by Gasteiger charge is 2.29. The van der Waals surface area contributed by atoms with Gasteiger partial charge in [0.1, 0.15) is 0 Å². The molecule has 3 rings (SSSR count). The average Bonchev–Trinajstić information content (AvgIpc) is 2.54. The van der Waals surface area contributed by atoms with Crippen LogP contribution in [0.15, 0.2) is 12.1 Å². The van der Waals surface area contributed by atoms with E-state index in [2.05, 4.69) is 39.8 Å². The smallest absolute Gasteiger partial charge is 0 e. The fraction of sp³-hybridized carbons (Fsp3) is 0.739. The van der Waals surface area contributed by atoms with Crippen molar-refractivity contribution in [1.82, 2.24) is 0 Å². The summed E-state index contributed by atoms with van der Waals surface area (Å²) in [5, 5.41) is 0. The maximum absolute atomic E-state index is 2.44. The largest absolute Gasteiger partial charge is 0.0625 e. The summed E-state index contributed by atoms with van der Waals surface area (Å²) in [7, 11) is 0. The Labute approximate surface area is 147 Å². The first-order valence-corrected chi connectivity index (χ1v) is 10.1. The van der Waals surface area contributed by atoms with Crippen molar-refractivity contribution in [3.05, 3.63) is 34.4 Å². The second-order valence-electron chi connectivity index (χ2n) is 8.86. The minimum atomic E-state index is 0. The van der Waals surface area contributed by atoms with Crippen molar-refractivity contribution < 1.29 is 2.85 Å². The number of hydrogen-bond donors (Lipinski definition) is 0. The van der Waals surface area contributed by atoms with Crippen LogP contribution in [0.4, 0.5) is 0 Å². The summed E-state index contributed by atoms with van der Waals surface area (Å²) in [5.74, 6) is 4.06. The third-order valence-corrected chi connectivity index (χ3v) is 7.13. The highest BCUT2D eigenvalue weighted by Crippen LogP contribution is 2.41. The van der Waals surface area contributed by atoms with E-state index in [1.165, 1.54) is 74.5 Å². The van der Waals surface area contributed by atoms with Gasteiger partial charge in [0.05, 0.1) is 0 Å². The van der Waals surface area contributed by atoms with E-state index < -0.39 is 0 Å². The first-order chi connectivity index (χ1) is 11.0. The van der Waals surface area contributed by atoms with Crippen LogP contribution in [0.5, 0.6) is 0 Å². The lowest BCUT2D eigenvalue weighted by atomic mass is 9.69. The number of benzene rings is 1. The van der Waals surface area contributed by atoms with Gasteiger partial charge in [0.25, 0.3) is 0 Å². The van der Waals surface area contributed by atoms with Crippen LogP contribution < -0.4 is 0 Å². The molecule has 0 aliphatic heterocycles. The van der Waals surface area contributed by atoms with Gasteiger partial charge in [0.15, 0.2) is 0 Å². The van der Waals surface area contributed by atoms with Gasteiger partial charge in [-0.3, -0.25) is 0 Å². The van der Waals surface area contributed by atoms with E-state index in [0.717, 1.165) is 23.7 Å². The van der Waals surface area contributed by atoms with Gasteiger partial charge in [-0.15, -0.1) is 0 Å². The minimum absolute atomic E-state index is 0. The Bertz CT molecular complexity index is 498. The van der Waals surface area contributed by atoms with E-state index in [1.54, 1.807) is 5.56 Å². The van der Waals surface area contributed by atoms with Crippen molar-refractivity contribution in [2.24, 2.45) is 23.7 Å². The van der Waals surface area contributed by atoms with Gasteiger partial charge in [-0.1, -0.05) is 31.9 Å². The van der Waals surface area contributed by atoms with Crippen LogP contribution in [0, 0.1) is 44.4 Å². The Morgan fingerprint density at radius 3 is 1.78 bits per heavy atom. The number of hydrogen-bond acceptors (Lipinski definition) is 0. The first-order valence-electron chi connectivity index (χ1n) is 10.1. The molecule has 0 aromatic heterocycles. The molecule has 2 aliphatic carbocycles. The summed E-state index contributed by atoms with van der Waals surface area (Å²) in [4.78, 5) is 0. The van der Waals surface area contributed by atoms with Gasteiger partial charge in [-0.2, -0.15) is 0 Å². The molecule has 2 aliphatic rings. The normalized spacial score (nSPS) is 32.0. The average molecular weight is 317 g/mol. The van der Waals surface area contributed by atoms with Gasteiger partial charge >= 0.3 is 0 Å². The predicted octanol–water partition coefficient (Wildman–Crippen LogP) is 7.28. The Morgan fingerprint density at radius 1 is 0.783 bits per heavy atom. The maximum Gasteiger partial charge on any atom is 0 e. The number of aryl methyl sites for hydroxylation is 2. The molecule has 0 spiro atoms. The fourth-order valence-electron chi connectivity index (χ4n) is 5.20. The Kier molecular flexibility index (Phi) is 5.49. The number of rotatable bonds is 3. The fourth-order valence-corrected chi connectivity index (χ4v) is 5.20. The molecular weight excluding hydrogens is 276 g/mol. The molecule has 1 aromatic carbocycles. The van der Waals surface area contributed by atoms with Gasteiger partial charge in [0.2, 0.25) is 0 Å². The lowest BCUT2D eigenvalue weighted by Crippen LogP contribution is -2.25. The zero-order valence-electron chi connectivity index (χ0n) is 15.8. The quantitative estimate of drug-likeness (QED) is 0.549. The van der Waals surface area contributed by atoms with Gasteiger partial charge in [-0.05, 0) is 112 Å². The Morgan fingerprint density at radius 2 is 1.26 bits per heavy atom. The van der Waals surface area contributed by atoms with E-state index in [1.807, 2.05) is 0 Å². The molecule has 0 heterocycles. The van der Waals surface area contributed by atoms with Crippen LogP contribution in [-0.2, 0) is 6.42 Å². The van der Waals surface area contributed by atoms with Gasteiger partial charge in [-0.25, -0.2) is 0 Å². The molecule has 23 heavy (non-hydrogen) atoms. The molecule has 0 bridgehead atoms. The third kappa shape index (κ3) is 4.20. The summed E-state index contributed by atoms with van der Waals surface area (Å²) in [5.41, 5.74) is 6.01. The standard InChI is InChI=1S/C23H36.2H2/c1-16-5-9-22(10-6-16)23-11-7-20(8-12-23)15-21-13-17(2)19(4)18(3)14-21;;/h13-14,16,20,22-23H,5-12,15H2,1-4H3;2*1H. The lowest BCUT2D eigenvalue weighted by Gasteiger charge is -2.37. The van der Waals surface area contributed by atoms with Crippen molar-refractivity contribution in [2.75, 3.05) is 0 Å². The highest BCUT2D eigenvalue weighted by molar-refractivity contribution is 5.37. The zero-order chi connectivity index (χ0) is 16.4. The predicted molar refractivity (Wildman–Crippen MR) is 105 cm³/mol. The summed E-state index contributed by atoms with van der Waals surface area (Å²) < 4.78 is 0. The molecule has 0 unspecified atom stereocenters. The van der Waals surface area contributed by atoms with E-state index in [9.17, 15) is 0 Å². The van der Waals surface area contributed by atoms with Crippen molar-refractivity contribution >= 4 is 0 Å². The summed E-state index contributed by atoms with van der Waals surface area (Å²) in [6.07, 6.45) is 13.3. The van der Waals surface area contributed by atoms with Gasteiger partial charge in [0, 0.05) is 2.85 Å². The van der Waals surface area contributed by atoms with Crippen LogP contribution in [0.2, 0.25) is 0 Å². The van der Waals surface area contributed by atoms with Crippen molar-refractivity contribution in [2.45, 2.75) is 85.5 Å². The summed E-state index contributed by atoms with van der Waals surface area (Å²) in [6.45, 7) is 9.24. The molecule has 0 nitrogen and oxygen atoms in total. The molecule has 2 fully saturated rings. The maximum atomic E-state index is 2.44. The monoisotopic (exact) mass is 316 g/mol. The molecule has 0 heteroatoms. The molecule has 0 saturated heterocycles. The molecular formula is C23H40. The lowest BCUT2D eigenvalue weighted by molar-refractivity contribution is 0.150. The topological polar surface area (TPSA) is 0 Å². The van der Waals surface area contributed by atoms with Gasteiger partial charge < -0.3 is 0 Å². The second-order valence-corrected chi connectivity index (χ2v) is 8.86. The van der Waals surface area contributed by atoms with Crippen LogP contribution in [-0.4, -0.2) is 0 Å². The van der Waals surface area contributed by atoms with Crippen LogP contribution >= 0.6 is 0 Å². The van der Waals surface area contributed by atoms with Crippen molar-refractivity contribution in [3.8, 4) is 0 Å². The minimum Gasteiger partial charge on any atom is -0.0625 e. The van der Waals surface area contributed by atoms with E-state index >= 15 is 0 Å². The summed E-state index contributed by atoms with van der Waals surface area (Å²) >= 11 is 0. The second kappa shape index (κ2) is 7.41. The molecule has 1 aromatic rings. The molecule has 0 amide bonds. The molecule has 0 atom stereocenters. The molecule has 2 saturated carbocycles. The molecule has 132 valence electrons.